The summed E-state index contributed by atoms with van der Waals surface area (Å²) >= 11 is 0. The van der Waals surface area contributed by atoms with E-state index in [-0.39, 0.29) is 11.3 Å². The van der Waals surface area contributed by atoms with Gasteiger partial charge in [0.1, 0.15) is 11.4 Å². The van der Waals surface area contributed by atoms with Crippen molar-refractivity contribution >= 4 is 28.3 Å². The lowest BCUT2D eigenvalue weighted by atomic mass is 10.0. The molecule has 0 saturated carbocycles. The maximum Gasteiger partial charge on any atom is 0.338 e. The normalized spacial score (nSPS) is 10.7. The lowest BCUT2D eigenvalue weighted by molar-refractivity contribution is 0.0692. The van der Waals surface area contributed by atoms with Crippen LogP contribution in [-0.2, 0) is 0 Å². The molecule has 2 aromatic carbocycles. The molecule has 0 bridgehead atoms. The summed E-state index contributed by atoms with van der Waals surface area (Å²) in [6.07, 6.45) is 0. The van der Waals surface area contributed by atoms with Crippen LogP contribution in [0.25, 0.3) is 10.9 Å². The number of pyridine rings is 1. The average Bonchev–Trinajstić information content (AvgIpc) is 2.73. The molecular formula is C23H24N2O4. The molecule has 3 rings (SSSR count). The molecule has 1 N–H and O–H groups in total. The van der Waals surface area contributed by atoms with E-state index in [1.807, 2.05) is 19.1 Å². The summed E-state index contributed by atoms with van der Waals surface area (Å²) in [5.74, 6) is -1.24. The van der Waals surface area contributed by atoms with Gasteiger partial charge in [0.25, 0.3) is 0 Å². The van der Waals surface area contributed by atoms with Crippen LogP contribution in [0.5, 0.6) is 5.75 Å². The Bertz CT molecular complexity index is 1060. The van der Waals surface area contributed by atoms with Crippen molar-refractivity contribution in [3.05, 3.63) is 65.4 Å². The van der Waals surface area contributed by atoms with Crippen LogP contribution in [0, 0.1) is 0 Å². The number of carbonyl (C=O) groups excluding carboxylic acids is 1. The number of hydrogen-bond acceptors (Lipinski definition) is 5. The Morgan fingerprint density at radius 1 is 1.00 bits per heavy atom. The van der Waals surface area contributed by atoms with Crippen LogP contribution < -0.4 is 9.64 Å². The van der Waals surface area contributed by atoms with Crippen molar-refractivity contribution in [2.75, 3.05) is 24.6 Å². The first kappa shape index (κ1) is 20.3. The molecule has 0 saturated heterocycles. The highest BCUT2D eigenvalue weighted by molar-refractivity contribution is 6.15. The third-order valence-corrected chi connectivity index (χ3v) is 4.81. The number of rotatable bonds is 8. The number of carbonyl (C=O) groups is 2. The van der Waals surface area contributed by atoms with E-state index in [2.05, 4.69) is 23.7 Å². The molecule has 3 aromatic rings. The summed E-state index contributed by atoms with van der Waals surface area (Å²) in [6, 6.07) is 14.0. The number of carboxylic acids is 1. The molecule has 1 heterocycles. The number of aromatic carboxylic acids is 1. The molecular weight excluding hydrogens is 368 g/mol. The minimum absolute atomic E-state index is 0.0901. The molecule has 29 heavy (non-hydrogen) atoms. The Morgan fingerprint density at radius 3 is 2.38 bits per heavy atom. The molecule has 0 unspecified atom stereocenters. The second-order valence-corrected chi connectivity index (χ2v) is 6.50. The molecule has 0 amide bonds. The number of aromatic nitrogens is 1. The van der Waals surface area contributed by atoms with Gasteiger partial charge in [-0.05, 0) is 45.0 Å². The molecule has 6 heteroatoms. The summed E-state index contributed by atoms with van der Waals surface area (Å²) < 4.78 is 5.72. The SMILES string of the molecule is CCOc1cc(N(CC)CC)ccc1C(=O)c1nc2ccccc2cc1C(=O)O. The Hall–Kier alpha value is -3.41. The van der Waals surface area contributed by atoms with Gasteiger partial charge in [0.2, 0.25) is 5.78 Å². The molecule has 1 aromatic heterocycles. The largest absolute Gasteiger partial charge is 0.493 e. The molecule has 150 valence electrons. The summed E-state index contributed by atoms with van der Waals surface area (Å²) in [4.78, 5) is 31.6. The summed E-state index contributed by atoms with van der Waals surface area (Å²) in [7, 11) is 0. The van der Waals surface area contributed by atoms with Gasteiger partial charge in [-0.2, -0.15) is 0 Å². The minimum atomic E-state index is -1.19. The Morgan fingerprint density at radius 2 is 1.72 bits per heavy atom. The van der Waals surface area contributed by atoms with Crippen LogP contribution in [0.15, 0.2) is 48.5 Å². The van der Waals surface area contributed by atoms with Crippen molar-refractivity contribution in [3.8, 4) is 5.75 Å². The zero-order valence-corrected chi connectivity index (χ0v) is 16.8. The highest BCUT2D eigenvalue weighted by Crippen LogP contribution is 2.29. The third kappa shape index (κ3) is 4.06. The van der Waals surface area contributed by atoms with Crippen molar-refractivity contribution in [2.24, 2.45) is 0 Å². The lowest BCUT2D eigenvalue weighted by Crippen LogP contribution is -2.22. The van der Waals surface area contributed by atoms with Gasteiger partial charge in [-0.15, -0.1) is 0 Å². The van der Waals surface area contributed by atoms with E-state index in [9.17, 15) is 14.7 Å². The highest BCUT2D eigenvalue weighted by atomic mass is 16.5. The zero-order chi connectivity index (χ0) is 21.0. The topological polar surface area (TPSA) is 79.7 Å². The smallest absolute Gasteiger partial charge is 0.338 e. The average molecular weight is 392 g/mol. The number of para-hydroxylation sites is 1. The van der Waals surface area contributed by atoms with Crippen LogP contribution in [0.3, 0.4) is 0 Å². The van der Waals surface area contributed by atoms with Crippen LogP contribution in [0.4, 0.5) is 5.69 Å². The van der Waals surface area contributed by atoms with Crippen LogP contribution >= 0.6 is 0 Å². The third-order valence-electron chi connectivity index (χ3n) is 4.81. The number of ether oxygens (including phenoxy) is 1. The monoisotopic (exact) mass is 392 g/mol. The van der Waals surface area contributed by atoms with Gasteiger partial charge in [-0.3, -0.25) is 4.79 Å². The minimum Gasteiger partial charge on any atom is -0.493 e. The Kier molecular flexibility index (Phi) is 6.12. The Balaban J connectivity index is 2.14. The van der Waals surface area contributed by atoms with E-state index >= 15 is 0 Å². The summed E-state index contributed by atoms with van der Waals surface area (Å²) in [5, 5.41) is 10.3. The van der Waals surface area contributed by atoms with E-state index in [1.54, 1.807) is 30.3 Å². The van der Waals surface area contributed by atoms with Gasteiger partial charge in [0, 0.05) is 30.2 Å². The fourth-order valence-corrected chi connectivity index (χ4v) is 3.34. The van der Waals surface area contributed by atoms with Gasteiger partial charge in [0.05, 0.1) is 23.3 Å². The molecule has 0 aliphatic carbocycles. The molecule has 0 aliphatic heterocycles. The molecule has 0 fully saturated rings. The van der Waals surface area contributed by atoms with Crippen molar-refractivity contribution in [3.63, 3.8) is 0 Å². The second kappa shape index (κ2) is 8.73. The molecule has 0 spiro atoms. The standard InChI is InChI=1S/C23H24N2O4/c1-4-25(5-2)16-11-12-17(20(14-16)29-6-3)22(26)21-18(23(27)28)13-15-9-7-8-10-19(15)24-21/h7-14H,4-6H2,1-3H3,(H,27,28). The zero-order valence-electron chi connectivity index (χ0n) is 16.8. The fourth-order valence-electron chi connectivity index (χ4n) is 3.34. The fraction of sp³-hybridized carbons (Fsp3) is 0.261. The maximum atomic E-state index is 13.3. The number of anilines is 1. The first-order chi connectivity index (χ1) is 14.0. The van der Waals surface area contributed by atoms with Crippen molar-refractivity contribution < 1.29 is 19.4 Å². The quantitative estimate of drug-likeness (QED) is 0.572. The van der Waals surface area contributed by atoms with E-state index in [1.165, 1.54) is 6.07 Å². The second-order valence-electron chi connectivity index (χ2n) is 6.50. The van der Waals surface area contributed by atoms with E-state index in [0.29, 0.717) is 28.8 Å². The highest BCUT2D eigenvalue weighted by Gasteiger charge is 2.24. The predicted molar refractivity (Wildman–Crippen MR) is 113 cm³/mol. The number of carboxylic acid groups (broad SMARTS) is 1. The summed E-state index contributed by atoms with van der Waals surface area (Å²) in [5.41, 5.74) is 1.60. The van der Waals surface area contributed by atoms with Gasteiger partial charge in [-0.25, -0.2) is 9.78 Å². The van der Waals surface area contributed by atoms with Crippen LogP contribution in [-0.4, -0.2) is 41.5 Å². The summed E-state index contributed by atoms with van der Waals surface area (Å²) in [6.45, 7) is 7.99. The molecule has 6 nitrogen and oxygen atoms in total. The van der Waals surface area contributed by atoms with Gasteiger partial charge >= 0.3 is 5.97 Å². The van der Waals surface area contributed by atoms with Crippen molar-refractivity contribution in [2.45, 2.75) is 20.8 Å². The van der Waals surface area contributed by atoms with E-state index in [4.69, 9.17) is 4.74 Å². The van der Waals surface area contributed by atoms with Gasteiger partial charge in [-0.1, -0.05) is 18.2 Å². The van der Waals surface area contributed by atoms with Crippen LogP contribution in [0.1, 0.15) is 47.2 Å². The molecule has 0 atom stereocenters. The van der Waals surface area contributed by atoms with Crippen molar-refractivity contribution in [1.82, 2.24) is 4.98 Å². The number of hydrogen-bond donors (Lipinski definition) is 1. The maximum absolute atomic E-state index is 13.3. The molecule has 0 aliphatic rings. The number of fused-ring (bicyclic) bond motifs is 1. The lowest BCUT2D eigenvalue weighted by Gasteiger charge is -2.22. The number of nitrogens with zero attached hydrogens (tertiary/aromatic N) is 2. The predicted octanol–water partition coefficient (Wildman–Crippen LogP) is 4.41. The number of ketones is 1. The van der Waals surface area contributed by atoms with E-state index < -0.39 is 11.8 Å². The van der Waals surface area contributed by atoms with Crippen LogP contribution in [0.2, 0.25) is 0 Å². The molecule has 0 radical (unpaired) electrons. The van der Waals surface area contributed by atoms with E-state index in [0.717, 1.165) is 18.8 Å². The first-order valence-electron chi connectivity index (χ1n) is 9.69. The first-order valence-corrected chi connectivity index (χ1v) is 9.69. The number of benzene rings is 2. The van der Waals surface area contributed by atoms with Gasteiger partial charge in [0.15, 0.2) is 0 Å². The van der Waals surface area contributed by atoms with Crippen molar-refractivity contribution in [1.29, 1.82) is 0 Å². The van der Waals surface area contributed by atoms with Gasteiger partial charge < -0.3 is 14.7 Å². The Labute approximate surface area is 169 Å².